The van der Waals surface area contributed by atoms with E-state index >= 15 is 0 Å². The zero-order valence-electron chi connectivity index (χ0n) is 6.08. The van der Waals surface area contributed by atoms with Gasteiger partial charge in [-0.25, -0.2) is 0 Å². The average molecular weight is 139 g/mol. The highest BCUT2D eigenvalue weighted by Crippen LogP contribution is 2.49. The summed E-state index contributed by atoms with van der Waals surface area (Å²) in [7, 11) is 0. The number of piperidine rings is 2. The van der Waals surface area contributed by atoms with Crippen molar-refractivity contribution in [3.8, 4) is 0 Å². The van der Waals surface area contributed by atoms with E-state index in [2.05, 4.69) is 4.90 Å². The third-order valence-electron chi connectivity index (χ3n) is 3.45. The topological polar surface area (TPSA) is 23.5 Å². The van der Waals surface area contributed by atoms with E-state index in [4.69, 9.17) is 0 Å². The summed E-state index contributed by atoms with van der Waals surface area (Å²) in [6.45, 7) is 3.50. The van der Waals surface area contributed by atoms with Crippen LogP contribution in [0.3, 0.4) is 0 Å². The second-order valence-electron chi connectivity index (χ2n) is 4.35. The Morgan fingerprint density at radius 1 is 1.20 bits per heavy atom. The summed E-state index contributed by atoms with van der Waals surface area (Å²) in [5.41, 5.74) is -0.258. The largest absolute Gasteiger partial charge is 0.389 e. The van der Waals surface area contributed by atoms with Crippen molar-refractivity contribution in [2.45, 2.75) is 18.4 Å². The molecule has 1 saturated carbocycles. The molecular formula is C8H13NO. The van der Waals surface area contributed by atoms with E-state index in [9.17, 15) is 5.11 Å². The van der Waals surface area contributed by atoms with Crippen LogP contribution in [0.1, 0.15) is 12.8 Å². The van der Waals surface area contributed by atoms with Gasteiger partial charge in [0.15, 0.2) is 0 Å². The molecule has 0 aromatic carbocycles. The SMILES string of the molecule is OC12CC3CN(CC3C1)C2. The van der Waals surface area contributed by atoms with Gasteiger partial charge in [0, 0.05) is 19.6 Å². The molecule has 1 aliphatic carbocycles. The quantitative estimate of drug-likeness (QED) is 0.513. The van der Waals surface area contributed by atoms with Crippen molar-refractivity contribution >= 4 is 0 Å². The molecule has 0 amide bonds. The Morgan fingerprint density at radius 2 is 1.80 bits per heavy atom. The van der Waals surface area contributed by atoms with Crippen molar-refractivity contribution in [2.24, 2.45) is 11.8 Å². The van der Waals surface area contributed by atoms with Gasteiger partial charge >= 0.3 is 0 Å². The maximum absolute atomic E-state index is 9.88. The molecule has 0 spiro atoms. The summed E-state index contributed by atoms with van der Waals surface area (Å²) >= 11 is 0. The van der Waals surface area contributed by atoms with E-state index in [0.717, 1.165) is 31.2 Å². The van der Waals surface area contributed by atoms with Crippen LogP contribution in [0.15, 0.2) is 0 Å². The van der Waals surface area contributed by atoms with E-state index < -0.39 is 0 Å². The predicted octanol–water partition coefficient (Wildman–Crippen LogP) is 0.0729. The maximum Gasteiger partial charge on any atom is 0.0780 e. The maximum atomic E-state index is 9.88. The van der Waals surface area contributed by atoms with E-state index in [1.54, 1.807) is 0 Å². The minimum absolute atomic E-state index is 0.258. The highest BCUT2D eigenvalue weighted by molar-refractivity contribution is 5.07. The molecule has 4 bridgehead atoms. The Hall–Kier alpha value is -0.0800. The first kappa shape index (κ1) is 5.56. The van der Waals surface area contributed by atoms with Crippen molar-refractivity contribution in [1.29, 1.82) is 0 Å². The van der Waals surface area contributed by atoms with Crippen LogP contribution in [0.5, 0.6) is 0 Å². The molecule has 3 saturated heterocycles. The fourth-order valence-electron chi connectivity index (χ4n) is 3.23. The van der Waals surface area contributed by atoms with Crippen LogP contribution in [0.4, 0.5) is 0 Å². The van der Waals surface area contributed by atoms with Crippen LogP contribution in [0.2, 0.25) is 0 Å². The highest BCUT2D eigenvalue weighted by Gasteiger charge is 2.54. The van der Waals surface area contributed by atoms with Crippen LogP contribution in [0, 0.1) is 11.8 Å². The Bertz CT molecular complexity index is 161. The normalized spacial score (nSPS) is 63.9. The summed E-state index contributed by atoms with van der Waals surface area (Å²) in [6, 6.07) is 0. The third-order valence-corrected chi connectivity index (χ3v) is 3.45. The Labute approximate surface area is 60.8 Å². The highest BCUT2D eigenvalue weighted by atomic mass is 16.3. The first-order chi connectivity index (χ1) is 4.75. The molecule has 3 aliphatic heterocycles. The van der Waals surface area contributed by atoms with Gasteiger partial charge in [-0.3, -0.25) is 4.90 Å². The van der Waals surface area contributed by atoms with Gasteiger partial charge in [-0.15, -0.1) is 0 Å². The van der Waals surface area contributed by atoms with Gasteiger partial charge in [0.2, 0.25) is 0 Å². The molecule has 0 aromatic heterocycles. The van der Waals surface area contributed by atoms with Crippen molar-refractivity contribution in [3.63, 3.8) is 0 Å². The lowest BCUT2D eigenvalue weighted by molar-refractivity contribution is -0.0246. The Balaban J connectivity index is 2.01. The molecule has 4 aliphatic rings. The zero-order chi connectivity index (χ0) is 6.77. The molecule has 2 unspecified atom stereocenters. The molecule has 2 atom stereocenters. The van der Waals surface area contributed by atoms with E-state index in [1.165, 1.54) is 13.1 Å². The Morgan fingerprint density at radius 3 is 2.20 bits per heavy atom. The summed E-state index contributed by atoms with van der Waals surface area (Å²) in [5, 5.41) is 9.88. The third kappa shape index (κ3) is 0.523. The van der Waals surface area contributed by atoms with Crippen molar-refractivity contribution in [2.75, 3.05) is 19.6 Å². The average Bonchev–Trinajstić information content (AvgIpc) is 2.16. The fourth-order valence-corrected chi connectivity index (χ4v) is 3.23. The molecule has 1 N–H and O–H groups in total. The lowest BCUT2D eigenvalue weighted by Crippen LogP contribution is -2.46. The van der Waals surface area contributed by atoms with E-state index in [1.807, 2.05) is 0 Å². The van der Waals surface area contributed by atoms with Crippen molar-refractivity contribution in [3.05, 3.63) is 0 Å². The standard InChI is InChI=1S/C8H13NO/c10-8-1-6-3-9(5-8)4-7(6)2-8/h6-7,10H,1-5H2. The predicted molar refractivity (Wildman–Crippen MR) is 37.6 cm³/mol. The lowest BCUT2D eigenvalue weighted by atomic mass is 9.95. The van der Waals surface area contributed by atoms with E-state index in [-0.39, 0.29) is 5.60 Å². The molecule has 2 nitrogen and oxygen atoms in total. The molecule has 0 aromatic rings. The van der Waals surface area contributed by atoms with Crippen LogP contribution < -0.4 is 0 Å². The van der Waals surface area contributed by atoms with Gasteiger partial charge in [-0.1, -0.05) is 0 Å². The summed E-state index contributed by atoms with van der Waals surface area (Å²) < 4.78 is 0. The molecule has 2 heteroatoms. The number of nitrogens with zero attached hydrogens (tertiary/aromatic N) is 1. The van der Waals surface area contributed by atoms with Gasteiger partial charge in [0.05, 0.1) is 5.60 Å². The molecule has 4 fully saturated rings. The van der Waals surface area contributed by atoms with Crippen molar-refractivity contribution in [1.82, 2.24) is 4.90 Å². The van der Waals surface area contributed by atoms with Gasteiger partial charge in [-0.05, 0) is 24.7 Å². The van der Waals surface area contributed by atoms with Gasteiger partial charge < -0.3 is 5.11 Å². The number of aliphatic hydroxyl groups is 1. The molecule has 0 radical (unpaired) electrons. The monoisotopic (exact) mass is 139 g/mol. The smallest absolute Gasteiger partial charge is 0.0780 e. The fraction of sp³-hybridized carbons (Fsp3) is 1.00. The first-order valence-electron chi connectivity index (χ1n) is 4.20. The lowest BCUT2D eigenvalue weighted by Gasteiger charge is -2.35. The summed E-state index contributed by atoms with van der Waals surface area (Å²) in [5.74, 6) is 1.69. The molecule has 56 valence electrons. The van der Waals surface area contributed by atoms with Crippen LogP contribution >= 0.6 is 0 Å². The summed E-state index contributed by atoms with van der Waals surface area (Å²) in [6.07, 6.45) is 2.18. The second kappa shape index (κ2) is 1.41. The number of hydrogen-bond acceptors (Lipinski definition) is 2. The molecule has 3 heterocycles. The molecule has 10 heavy (non-hydrogen) atoms. The first-order valence-corrected chi connectivity index (χ1v) is 4.20. The minimum Gasteiger partial charge on any atom is -0.389 e. The van der Waals surface area contributed by atoms with Gasteiger partial charge in [-0.2, -0.15) is 0 Å². The second-order valence-corrected chi connectivity index (χ2v) is 4.35. The molecule has 4 rings (SSSR count). The van der Waals surface area contributed by atoms with Gasteiger partial charge in [0.1, 0.15) is 0 Å². The van der Waals surface area contributed by atoms with Crippen LogP contribution in [-0.4, -0.2) is 35.2 Å². The van der Waals surface area contributed by atoms with Crippen LogP contribution in [0.25, 0.3) is 0 Å². The Kier molecular flexibility index (Phi) is 0.783. The number of hydrogen-bond donors (Lipinski definition) is 1. The zero-order valence-corrected chi connectivity index (χ0v) is 6.08. The van der Waals surface area contributed by atoms with E-state index in [0.29, 0.717) is 0 Å². The molecular weight excluding hydrogens is 126 g/mol. The summed E-state index contributed by atoms with van der Waals surface area (Å²) in [4.78, 5) is 2.42. The van der Waals surface area contributed by atoms with Crippen molar-refractivity contribution < 1.29 is 5.11 Å². The minimum atomic E-state index is -0.258. The van der Waals surface area contributed by atoms with Crippen LogP contribution in [-0.2, 0) is 0 Å². The van der Waals surface area contributed by atoms with Gasteiger partial charge in [0.25, 0.3) is 0 Å². The number of rotatable bonds is 0.